The van der Waals surface area contributed by atoms with Crippen LogP contribution in [0, 0.1) is 11.3 Å². The molecule has 0 heterocycles. The van der Waals surface area contributed by atoms with E-state index < -0.39 is 0 Å². The van der Waals surface area contributed by atoms with Gasteiger partial charge in [-0.1, -0.05) is 6.07 Å². The standard InChI is InChI=1S/C12H14N2O2/c1-14(8-4-7-13)12(15)10-5-3-6-11(9-10)16-2/h3,5-6,9H,4,8H2,1-2H3. The van der Waals surface area contributed by atoms with Crippen LogP contribution in [0.15, 0.2) is 24.3 Å². The molecule has 84 valence electrons. The van der Waals surface area contributed by atoms with Crippen LogP contribution >= 0.6 is 0 Å². The molecule has 4 nitrogen and oxygen atoms in total. The lowest BCUT2D eigenvalue weighted by Gasteiger charge is -2.15. The first-order valence-electron chi connectivity index (χ1n) is 4.95. The van der Waals surface area contributed by atoms with E-state index in [2.05, 4.69) is 0 Å². The second-order valence-electron chi connectivity index (χ2n) is 3.37. The van der Waals surface area contributed by atoms with Gasteiger partial charge in [0.1, 0.15) is 5.75 Å². The van der Waals surface area contributed by atoms with Crippen molar-refractivity contribution in [3.63, 3.8) is 0 Å². The molecule has 1 aromatic carbocycles. The summed E-state index contributed by atoms with van der Waals surface area (Å²) >= 11 is 0. The molecule has 1 rings (SSSR count). The van der Waals surface area contributed by atoms with Crippen LogP contribution < -0.4 is 4.74 Å². The number of carbonyl (C=O) groups is 1. The third kappa shape index (κ3) is 2.99. The summed E-state index contributed by atoms with van der Waals surface area (Å²) in [5.41, 5.74) is 0.569. The molecule has 1 amide bonds. The highest BCUT2D eigenvalue weighted by Crippen LogP contribution is 2.13. The van der Waals surface area contributed by atoms with Gasteiger partial charge >= 0.3 is 0 Å². The number of hydrogen-bond acceptors (Lipinski definition) is 3. The molecule has 0 saturated heterocycles. The first-order valence-corrected chi connectivity index (χ1v) is 4.95. The number of methoxy groups -OCH3 is 1. The molecular formula is C12H14N2O2. The van der Waals surface area contributed by atoms with Crippen LogP contribution in [-0.4, -0.2) is 31.5 Å². The Morgan fingerprint density at radius 3 is 2.94 bits per heavy atom. The number of nitriles is 1. The Kier molecular flexibility index (Phi) is 4.34. The fraction of sp³-hybridized carbons (Fsp3) is 0.333. The van der Waals surface area contributed by atoms with Gasteiger partial charge in [-0.25, -0.2) is 0 Å². The number of nitrogens with zero attached hydrogens (tertiary/aromatic N) is 2. The van der Waals surface area contributed by atoms with E-state index in [1.165, 1.54) is 4.90 Å². The van der Waals surface area contributed by atoms with Gasteiger partial charge in [-0.05, 0) is 18.2 Å². The minimum Gasteiger partial charge on any atom is -0.497 e. The number of carbonyl (C=O) groups excluding carboxylic acids is 1. The molecule has 0 bridgehead atoms. The van der Waals surface area contributed by atoms with E-state index >= 15 is 0 Å². The maximum atomic E-state index is 11.9. The van der Waals surface area contributed by atoms with Gasteiger partial charge in [0.25, 0.3) is 5.91 Å². The second kappa shape index (κ2) is 5.76. The molecule has 0 unspecified atom stereocenters. The van der Waals surface area contributed by atoms with Gasteiger partial charge in [0.2, 0.25) is 0 Å². The molecule has 0 aromatic heterocycles. The molecule has 1 aromatic rings. The van der Waals surface area contributed by atoms with E-state index in [4.69, 9.17) is 10.00 Å². The lowest BCUT2D eigenvalue weighted by atomic mass is 10.2. The Bertz CT molecular complexity index is 410. The predicted octanol–water partition coefficient (Wildman–Crippen LogP) is 1.68. The first kappa shape index (κ1) is 12.1. The Morgan fingerprint density at radius 2 is 2.31 bits per heavy atom. The summed E-state index contributed by atoms with van der Waals surface area (Å²) in [6, 6.07) is 8.98. The average molecular weight is 218 g/mol. The van der Waals surface area contributed by atoms with Gasteiger partial charge in [-0.2, -0.15) is 5.26 Å². The third-order valence-electron chi connectivity index (χ3n) is 2.22. The van der Waals surface area contributed by atoms with Gasteiger partial charge in [0.15, 0.2) is 0 Å². The van der Waals surface area contributed by atoms with E-state index in [0.29, 0.717) is 24.3 Å². The molecule has 0 fully saturated rings. The van der Waals surface area contributed by atoms with Crippen molar-refractivity contribution in [2.24, 2.45) is 0 Å². The number of benzene rings is 1. The van der Waals surface area contributed by atoms with Gasteiger partial charge in [0, 0.05) is 19.2 Å². The fourth-order valence-corrected chi connectivity index (χ4v) is 1.30. The SMILES string of the molecule is COc1cccc(C(=O)N(C)CCC#N)c1. The van der Waals surface area contributed by atoms with E-state index in [0.717, 1.165) is 0 Å². The van der Waals surface area contributed by atoms with Crippen molar-refractivity contribution in [3.05, 3.63) is 29.8 Å². The highest BCUT2D eigenvalue weighted by molar-refractivity contribution is 5.94. The van der Waals surface area contributed by atoms with Crippen molar-refractivity contribution in [2.45, 2.75) is 6.42 Å². The Morgan fingerprint density at radius 1 is 1.56 bits per heavy atom. The molecule has 0 saturated carbocycles. The predicted molar refractivity (Wildman–Crippen MR) is 60.2 cm³/mol. The topological polar surface area (TPSA) is 53.3 Å². The average Bonchev–Trinajstić information content (AvgIpc) is 2.35. The normalized spacial score (nSPS) is 9.31. The molecular weight excluding hydrogens is 204 g/mol. The van der Waals surface area contributed by atoms with Crippen LogP contribution in [-0.2, 0) is 0 Å². The molecule has 0 spiro atoms. The third-order valence-corrected chi connectivity index (χ3v) is 2.22. The first-order chi connectivity index (χ1) is 7.69. The molecule has 0 aliphatic heterocycles. The summed E-state index contributed by atoms with van der Waals surface area (Å²) in [4.78, 5) is 13.4. The molecule has 0 atom stereocenters. The monoisotopic (exact) mass is 218 g/mol. The zero-order valence-electron chi connectivity index (χ0n) is 9.43. The van der Waals surface area contributed by atoms with Crippen molar-refractivity contribution in [3.8, 4) is 11.8 Å². The summed E-state index contributed by atoms with van der Waals surface area (Å²) in [7, 11) is 3.24. The zero-order chi connectivity index (χ0) is 12.0. The highest BCUT2D eigenvalue weighted by Gasteiger charge is 2.11. The van der Waals surface area contributed by atoms with Crippen LogP contribution in [0.3, 0.4) is 0 Å². The van der Waals surface area contributed by atoms with E-state index in [-0.39, 0.29) is 5.91 Å². The van der Waals surface area contributed by atoms with Gasteiger partial charge in [-0.3, -0.25) is 4.79 Å². The van der Waals surface area contributed by atoms with E-state index in [9.17, 15) is 4.79 Å². The highest BCUT2D eigenvalue weighted by atomic mass is 16.5. The van der Waals surface area contributed by atoms with Crippen molar-refractivity contribution < 1.29 is 9.53 Å². The van der Waals surface area contributed by atoms with Gasteiger partial charge in [0.05, 0.1) is 19.6 Å². The summed E-state index contributed by atoms with van der Waals surface area (Å²) in [6.45, 7) is 0.437. The maximum Gasteiger partial charge on any atom is 0.253 e. The molecule has 16 heavy (non-hydrogen) atoms. The maximum absolute atomic E-state index is 11.9. The van der Waals surface area contributed by atoms with Crippen LogP contribution in [0.2, 0.25) is 0 Å². The largest absolute Gasteiger partial charge is 0.497 e. The summed E-state index contributed by atoms with van der Waals surface area (Å²) in [6.07, 6.45) is 0.339. The van der Waals surface area contributed by atoms with Gasteiger partial charge < -0.3 is 9.64 Å². The van der Waals surface area contributed by atoms with Crippen molar-refractivity contribution >= 4 is 5.91 Å². The fourth-order valence-electron chi connectivity index (χ4n) is 1.30. The minimum absolute atomic E-state index is 0.103. The summed E-state index contributed by atoms with van der Waals surface area (Å²) in [5, 5.41) is 8.44. The Balaban J connectivity index is 2.76. The Labute approximate surface area is 95.0 Å². The van der Waals surface area contributed by atoms with Crippen LogP contribution in [0.25, 0.3) is 0 Å². The molecule has 0 aliphatic rings. The van der Waals surface area contributed by atoms with Crippen molar-refractivity contribution in [2.75, 3.05) is 20.7 Å². The minimum atomic E-state index is -0.103. The zero-order valence-corrected chi connectivity index (χ0v) is 9.43. The lowest BCUT2D eigenvalue weighted by Crippen LogP contribution is -2.27. The second-order valence-corrected chi connectivity index (χ2v) is 3.37. The van der Waals surface area contributed by atoms with Crippen molar-refractivity contribution in [1.82, 2.24) is 4.90 Å². The molecule has 0 N–H and O–H groups in total. The number of hydrogen-bond donors (Lipinski definition) is 0. The van der Waals surface area contributed by atoms with Crippen molar-refractivity contribution in [1.29, 1.82) is 5.26 Å². The molecule has 0 radical (unpaired) electrons. The smallest absolute Gasteiger partial charge is 0.253 e. The lowest BCUT2D eigenvalue weighted by molar-refractivity contribution is 0.0797. The van der Waals surface area contributed by atoms with E-state index in [1.807, 2.05) is 6.07 Å². The Hall–Kier alpha value is -2.02. The number of rotatable bonds is 4. The van der Waals surface area contributed by atoms with Gasteiger partial charge in [-0.15, -0.1) is 0 Å². The number of ether oxygens (including phenoxy) is 1. The number of amides is 1. The molecule has 4 heteroatoms. The molecule has 0 aliphatic carbocycles. The summed E-state index contributed by atoms with van der Waals surface area (Å²) < 4.78 is 5.04. The van der Waals surface area contributed by atoms with Crippen LogP contribution in [0.4, 0.5) is 0 Å². The van der Waals surface area contributed by atoms with Crippen LogP contribution in [0.1, 0.15) is 16.8 Å². The van der Waals surface area contributed by atoms with E-state index in [1.54, 1.807) is 38.4 Å². The quantitative estimate of drug-likeness (QED) is 0.772. The van der Waals surface area contributed by atoms with Crippen LogP contribution in [0.5, 0.6) is 5.75 Å². The summed E-state index contributed by atoms with van der Waals surface area (Å²) in [5.74, 6) is 0.550.